The smallest absolute Gasteiger partial charge is 0.328 e. The second-order valence-corrected chi connectivity index (χ2v) is 15.5. The molecule has 308 valence electrons. The quantitative estimate of drug-likeness (QED) is 0.0487. The number of aromatic nitrogens is 2. The summed E-state index contributed by atoms with van der Waals surface area (Å²) in [6, 6.07) is 30.1. The van der Waals surface area contributed by atoms with Crippen LogP contribution in [-0.2, 0) is 27.4 Å². The van der Waals surface area contributed by atoms with E-state index in [1.165, 1.54) is 7.11 Å². The largest absolute Gasteiger partial charge is 0.467 e. The Balaban J connectivity index is 0.000000224. The highest BCUT2D eigenvalue weighted by molar-refractivity contribution is 7.98. The standard InChI is InChI=1S/C23H23N5O.C22H29N3O3S2/c1-18-4-3-5-21(12-18)28-11-10-26(16-23(28)29)15-22-13-25-17-27(22)14-19-6-8-20(24-2)9-7-19;1-28-22(27)20(10-11-30-2)25-21(26)18-9-8-17(24-13-16(23)14-29)12-19(18)15-6-4-3-5-7-15/h3-9,12-13,17H,10-11,14-16H2,1H3;3-9,12,16,20,24,29H,10-11,13-14,23H2,1-2H3,(H,25,26)/t;16-,20+/m.1/s1. The van der Waals surface area contributed by atoms with Gasteiger partial charge in [-0.3, -0.25) is 14.5 Å². The zero-order valence-electron chi connectivity index (χ0n) is 33.7. The number of amides is 2. The number of piperazine rings is 1. The first-order valence-electron chi connectivity index (χ1n) is 19.3. The minimum absolute atomic E-state index is 0.0752. The fourth-order valence-electron chi connectivity index (χ4n) is 6.53. The van der Waals surface area contributed by atoms with Gasteiger partial charge in [-0.2, -0.15) is 24.4 Å². The summed E-state index contributed by atoms with van der Waals surface area (Å²) in [5, 5.41) is 6.12. The molecule has 2 amide bonds. The molecule has 0 saturated carbocycles. The van der Waals surface area contributed by atoms with Crippen LogP contribution in [0.4, 0.5) is 17.1 Å². The normalized spacial score (nSPS) is 13.7. The molecule has 0 aliphatic carbocycles. The molecule has 5 aromatic rings. The number of rotatable bonds is 16. The number of esters is 1. The molecule has 4 aromatic carbocycles. The number of nitrogens with two attached hydrogens (primary N) is 1. The van der Waals surface area contributed by atoms with Crippen LogP contribution in [0.2, 0.25) is 0 Å². The highest BCUT2D eigenvalue weighted by atomic mass is 32.2. The predicted octanol–water partition coefficient (Wildman–Crippen LogP) is 6.69. The molecule has 0 bridgehead atoms. The van der Waals surface area contributed by atoms with E-state index in [0.29, 0.717) is 56.1 Å². The zero-order chi connectivity index (χ0) is 42.1. The first kappa shape index (κ1) is 44.5. The lowest BCUT2D eigenvalue weighted by molar-refractivity contribution is -0.142. The molecule has 14 heteroatoms. The Morgan fingerprint density at radius 3 is 2.47 bits per heavy atom. The second-order valence-electron chi connectivity index (χ2n) is 14.2. The maximum Gasteiger partial charge on any atom is 0.328 e. The van der Waals surface area contributed by atoms with Crippen LogP contribution in [0.3, 0.4) is 0 Å². The van der Waals surface area contributed by atoms with Crippen molar-refractivity contribution in [3.63, 3.8) is 0 Å². The van der Waals surface area contributed by atoms with Crippen LogP contribution in [0.25, 0.3) is 16.0 Å². The van der Waals surface area contributed by atoms with E-state index in [2.05, 4.69) is 48.6 Å². The molecule has 1 aromatic heterocycles. The van der Waals surface area contributed by atoms with E-state index in [-0.39, 0.29) is 17.9 Å². The maximum atomic E-state index is 13.1. The van der Waals surface area contributed by atoms with E-state index in [1.807, 2.05) is 116 Å². The summed E-state index contributed by atoms with van der Waals surface area (Å²) in [4.78, 5) is 49.7. The van der Waals surface area contributed by atoms with Gasteiger partial charge in [-0.15, -0.1) is 0 Å². The van der Waals surface area contributed by atoms with Crippen LogP contribution < -0.4 is 21.3 Å². The number of hydrogen-bond donors (Lipinski definition) is 4. The molecule has 12 nitrogen and oxygen atoms in total. The van der Waals surface area contributed by atoms with Crippen molar-refractivity contribution in [1.29, 1.82) is 0 Å². The summed E-state index contributed by atoms with van der Waals surface area (Å²) in [6.45, 7) is 13.0. The minimum atomic E-state index is -0.690. The van der Waals surface area contributed by atoms with Crippen molar-refractivity contribution >= 4 is 59.2 Å². The van der Waals surface area contributed by atoms with E-state index >= 15 is 0 Å². The number of carbonyl (C=O) groups excluding carboxylic acids is 3. The summed E-state index contributed by atoms with van der Waals surface area (Å²) < 4.78 is 6.96. The Kier molecular flexibility index (Phi) is 17.0. The van der Waals surface area contributed by atoms with E-state index in [9.17, 15) is 14.4 Å². The van der Waals surface area contributed by atoms with Crippen molar-refractivity contribution in [3.05, 3.63) is 143 Å². The van der Waals surface area contributed by atoms with Crippen LogP contribution in [0, 0.1) is 13.5 Å². The van der Waals surface area contributed by atoms with Crippen molar-refractivity contribution < 1.29 is 19.1 Å². The van der Waals surface area contributed by atoms with E-state index in [0.717, 1.165) is 51.6 Å². The Morgan fingerprint density at radius 2 is 1.80 bits per heavy atom. The maximum absolute atomic E-state index is 13.1. The molecule has 0 unspecified atom stereocenters. The first-order chi connectivity index (χ1) is 28.6. The van der Waals surface area contributed by atoms with Crippen LogP contribution >= 0.6 is 24.4 Å². The third-order valence-corrected chi connectivity index (χ3v) is 10.9. The summed E-state index contributed by atoms with van der Waals surface area (Å²) >= 11 is 5.82. The van der Waals surface area contributed by atoms with Gasteiger partial charge in [-0.25, -0.2) is 14.6 Å². The second kappa shape index (κ2) is 22.5. The lowest BCUT2D eigenvalue weighted by atomic mass is 9.98. The minimum Gasteiger partial charge on any atom is -0.467 e. The van der Waals surface area contributed by atoms with Gasteiger partial charge < -0.3 is 30.6 Å². The van der Waals surface area contributed by atoms with E-state index in [1.54, 1.807) is 17.8 Å². The van der Waals surface area contributed by atoms with Crippen LogP contribution in [0.5, 0.6) is 0 Å². The molecule has 2 atom stereocenters. The van der Waals surface area contributed by atoms with Gasteiger partial charge in [0.2, 0.25) is 5.91 Å². The fraction of sp³-hybridized carbons (Fsp3) is 0.311. The number of thiol groups is 1. The molecular weight excluding hydrogens is 781 g/mol. The van der Waals surface area contributed by atoms with Crippen molar-refractivity contribution in [2.75, 3.05) is 61.3 Å². The van der Waals surface area contributed by atoms with Crippen LogP contribution in [-0.4, -0.2) is 95.4 Å². The van der Waals surface area contributed by atoms with E-state index in [4.69, 9.17) is 17.0 Å². The van der Waals surface area contributed by atoms with Gasteiger partial charge in [0.05, 0.1) is 32.2 Å². The highest BCUT2D eigenvalue weighted by Crippen LogP contribution is 2.28. The van der Waals surface area contributed by atoms with Crippen molar-refractivity contribution in [3.8, 4) is 11.1 Å². The molecule has 59 heavy (non-hydrogen) atoms. The number of aryl methyl sites for hydroxylation is 1. The SMILES string of the molecule is COC(=O)[C@H](CCSC)NC(=O)c1ccc(NC[C@@H](N)CS)cc1-c1ccccc1.[C-]#[N+]c1ccc(Cn2cncc2CN2CCN(c3cccc(C)c3)C(=O)C2)cc1. The van der Waals surface area contributed by atoms with Crippen molar-refractivity contribution in [2.45, 2.75) is 38.5 Å². The van der Waals surface area contributed by atoms with Gasteiger partial charge in [-0.1, -0.05) is 66.7 Å². The van der Waals surface area contributed by atoms with Crippen molar-refractivity contribution in [1.82, 2.24) is 19.8 Å². The number of carbonyl (C=O) groups is 3. The fourth-order valence-corrected chi connectivity index (χ4v) is 7.14. The van der Waals surface area contributed by atoms with Gasteiger partial charge in [0.25, 0.3) is 5.91 Å². The molecular formula is C45H52N8O4S2. The lowest BCUT2D eigenvalue weighted by Crippen LogP contribution is -2.50. The number of thioether (sulfide) groups is 1. The molecule has 6 rings (SSSR count). The number of nitrogens with one attached hydrogen (secondary N) is 2. The van der Waals surface area contributed by atoms with Crippen LogP contribution in [0.1, 0.15) is 33.6 Å². The van der Waals surface area contributed by atoms with Gasteiger partial charge in [0, 0.05) is 67.7 Å². The summed E-state index contributed by atoms with van der Waals surface area (Å²) in [5.74, 6) is 0.674. The molecule has 4 N–H and O–H groups in total. The molecule has 1 aliphatic heterocycles. The van der Waals surface area contributed by atoms with Crippen molar-refractivity contribution in [2.24, 2.45) is 5.73 Å². The number of nitrogens with zero attached hydrogens (tertiary/aromatic N) is 5. The molecule has 1 aliphatic rings. The molecule has 0 radical (unpaired) electrons. The third kappa shape index (κ3) is 13.0. The van der Waals surface area contributed by atoms with Gasteiger partial charge in [-0.05, 0) is 77.9 Å². The first-order valence-corrected chi connectivity index (χ1v) is 21.4. The molecule has 1 fully saturated rings. The number of benzene rings is 4. The highest BCUT2D eigenvalue weighted by Gasteiger charge is 2.26. The van der Waals surface area contributed by atoms with E-state index < -0.39 is 12.0 Å². The summed E-state index contributed by atoms with van der Waals surface area (Å²) in [5.41, 5.74) is 13.9. The Morgan fingerprint density at radius 1 is 1.02 bits per heavy atom. The molecule has 1 saturated heterocycles. The molecule has 2 heterocycles. The monoisotopic (exact) mass is 832 g/mol. The summed E-state index contributed by atoms with van der Waals surface area (Å²) in [7, 11) is 1.33. The van der Waals surface area contributed by atoms with Gasteiger partial charge in [0.15, 0.2) is 5.69 Å². The number of hydrogen-bond acceptors (Lipinski definition) is 10. The Labute approximate surface area is 356 Å². The summed E-state index contributed by atoms with van der Waals surface area (Å²) in [6.07, 6.45) is 6.14. The Hall–Kier alpha value is -5.59. The zero-order valence-corrected chi connectivity index (χ0v) is 35.4. The average molecular weight is 833 g/mol. The molecule has 0 spiro atoms. The van der Waals surface area contributed by atoms with Gasteiger partial charge in [0.1, 0.15) is 6.04 Å². The number of ether oxygens (including phenoxy) is 1. The topological polar surface area (TPSA) is 139 Å². The third-order valence-electron chi connectivity index (χ3n) is 9.77. The number of anilines is 2. The van der Waals surface area contributed by atoms with Crippen LogP contribution in [0.15, 0.2) is 110 Å². The average Bonchev–Trinajstić information content (AvgIpc) is 3.70. The lowest BCUT2D eigenvalue weighted by Gasteiger charge is -2.34. The number of methoxy groups -OCH3 is 1. The van der Waals surface area contributed by atoms with Gasteiger partial charge >= 0.3 is 5.97 Å². The Bertz CT molecular complexity index is 2190. The predicted molar refractivity (Wildman–Crippen MR) is 241 cm³/mol. The number of imidazole rings is 1.